The summed E-state index contributed by atoms with van der Waals surface area (Å²) >= 11 is 0. The maximum atomic E-state index is 14.1. The van der Waals surface area contributed by atoms with Gasteiger partial charge in [-0.05, 0) is 43.5 Å². The minimum atomic E-state index is -0.199. The van der Waals surface area contributed by atoms with Crippen LogP contribution in [-0.4, -0.2) is 49.3 Å². The van der Waals surface area contributed by atoms with E-state index in [1.807, 2.05) is 17.9 Å². The molecule has 0 aliphatic carbocycles. The van der Waals surface area contributed by atoms with Gasteiger partial charge in [0.25, 0.3) is 5.91 Å². The fourth-order valence-corrected chi connectivity index (χ4v) is 3.79. The Morgan fingerprint density at radius 3 is 2.83 bits per heavy atom. The van der Waals surface area contributed by atoms with Gasteiger partial charge in [-0.15, -0.1) is 0 Å². The largest absolute Gasteiger partial charge is 0.472 e. The summed E-state index contributed by atoms with van der Waals surface area (Å²) in [5.41, 5.74) is 2.21. The minimum absolute atomic E-state index is 0.00726. The Hall–Kier alpha value is -2.67. The van der Waals surface area contributed by atoms with Crippen LogP contribution in [0.4, 0.5) is 10.1 Å². The predicted molar refractivity (Wildman–Crippen MR) is 108 cm³/mol. The molecule has 1 aromatic carbocycles. The number of amides is 1. The van der Waals surface area contributed by atoms with Crippen LogP contribution in [0.2, 0.25) is 0 Å². The van der Waals surface area contributed by atoms with Crippen LogP contribution < -0.4 is 15.0 Å². The molecule has 2 aliphatic heterocycles. The van der Waals surface area contributed by atoms with Gasteiger partial charge in [-0.1, -0.05) is 6.07 Å². The Bertz CT molecular complexity index is 862. The number of nitrogens with zero attached hydrogens (tertiary/aromatic N) is 2. The highest BCUT2D eigenvalue weighted by atomic mass is 19.1. The van der Waals surface area contributed by atoms with E-state index in [0.717, 1.165) is 24.8 Å². The smallest absolute Gasteiger partial charge is 0.251 e. The number of pyridine rings is 1. The average molecular weight is 399 g/mol. The molecule has 2 aromatic rings. The number of piperidine rings is 1. The number of halogens is 1. The second-order valence-electron chi connectivity index (χ2n) is 7.68. The van der Waals surface area contributed by atoms with Gasteiger partial charge in [0.2, 0.25) is 5.88 Å². The van der Waals surface area contributed by atoms with Crippen molar-refractivity contribution in [2.24, 2.45) is 0 Å². The lowest BCUT2D eigenvalue weighted by molar-refractivity contribution is 0.0929. The molecule has 29 heavy (non-hydrogen) atoms. The Balaban J connectivity index is 1.32. The zero-order valence-corrected chi connectivity index (χ0v) is 16.6. The fourth-order valence-electron chi connectivity index (χ4n) is 3.79. The Kier molecular flexibility index (Phi) is 5.94. The SMILES string of the molecule is Cc1ccc(F)c(N2CCC(NC(=O)c3ccnc(O[C@@H]4CCOC4)c3)CC2)c1. The number of anilines is 1. The van der Waals surface area contributed by atoms with Crippen LogP contribution in [0.15, 0.2) is 36.5 Å². The standard InChI is InChI=1S/C22H26FN3O3/c1-15-2-3-19(23)20(12-15)26-9-5-17(6-10-26)25-22(27)16-4-8-24-21(13-16)29-18-7-11-28-14-18/h2-4,8,12-13,17-18H,5-7,9-11,14H2,1H3,(H,25,27)/t18-/m1/s1. The maximum Gasteiger partial charge on any atom is 0.251 e. The highest BCUT2D eigenvalue weighted by Gasteiger charge is 2.24. The summed E-state index contributed by atoms with van der Waals surface area (Å²) in [5, 5.41) is 3.09. The monoisotopic (exact) mass is 399 g/mol. The van der Waals surface area contributed by atoms with Gasteiger partial charge in [0, 0.05) is 43.4 Å². The molecule has 6 nitrogen and oxygen atoms in total. The molecule has 2 aliphatic rings. The number of carbonyl (C=O) groups excluding carboxylic acids is 1. The first kappa shape index (κ1) is 19.6. The number of hydrogen-bond donors (Lipinski definition) is 1. The molecular weight excluding hydrogens is 373 g/mol. The van der Waals surface area contributed by atoms with Crippen LogP contribution in [-0.2, 0) is 4.74 Å². The third kappa shape index (κ3) is 4.85. The van der Waals surface area contributed by atoms with Gasteiger partial charge in [0.15, 0.2) is 0 Å². The van der Waals surface area contributed by atoms with Crippen molar-refractivity contribution >= 4 is 11.6 Å². The van der Waals surface area contributed by atoms with Crippen LogP contribution >= 0.6 is 0 Å². The molecule has 2 saturated heterocycles. The van der Waals surface area contributed by atoms with E-state index in [1.165, 1.54) is 6.07 Å². The topological polar surface area (TPSA) is 63.7 Å². The molecule has 1 N–H and O–H groups in total. The van der Waals surface area contributed by atoms with Crippen molar-refractivity contribution in [2.45, 2.75) is 38.3 Å². The molecule has 1 amide bonds. The number of aryl methyl sites for hydroxylation is 1. The van der Waals surface area contributed by atoms with E-state index in [0.29, 0.717) is 43.4 Å². The number of ether oxygens (including phenoxy) is 2. The van der Waals surface area contributed by atoms with Gasteiger partial charge in [-0.25, -0.2) is 9.37 Å². The van der Waals surface area contributed by atoms with Gasteiger partial charge in [-0.3, -0.25) is 4.79 Å². The zero-order chi connectivity index (χ0) is 20.2. The third-order valence-corrected chi connectivity index (χ3v) is 5.44. The van der Waals surface area contributed by atoms with Crippen LogP contribution in [0.25, 0.3) is 0 Å². The highest BCUT2D eigenvalue weighted by molar-refractivity contribution is 5.94. The van der Waals surface area contributed by atoms with Crippen LogP contribution in [0.1, 0.15) is 35.2 Å². The van der Waals surface area contributed by atoms with E-state index >= 15 is 0 Å². The lowest BCUT2D eigenvalue weighted by atomic mass is 10.0. The van der Waals surface area contributed by atoms with Gasteiger partial charge in [0.05, 0.1) is 18.9 Å². The summed E-state index contributed by atoms with van der Waals surface area (Å²) in [6.45, 7) is 4.62. The first-order valence-electron chi connectivity index (χ1n) is 10.1. The molecule has 0 unspecified atom stereocenters. The summed E-state index contributed by atoms with van der Waals surface area (Å²) in [6.07, 6.45) is 3.95. The summed E-state index contributed by atoms with van der Waals surface area (Å²) in [5.74, 6) is 0.105. The van der Waals surface area contributed by atoms with Crippen molar-refractivity contribution in [3.05, 3.63) is 53.5 Å². The molecule has 2 fully saturated rings. The van der Waals surface area contributed by atoms with Gasteiger partial charge < -0.3 is 19.7 Å². The van der Waals surface area contributed by atoms with Crippen LogP contribution in [0, 0.1) is 12.7 Å². The minimum Gasteiger partial charge on any atom is -0.472 e. The quantitative estimate of drug-likeness (QED) is 0.837. The maximum absolute atomic E-state index is 14.1. The molecule has 1 atom stereocenters. The molecular formula is C22H26FN3O3. The number of rotatable bonds is 5. The molecule has 4 rings (SSSR count). The van der Waals surface area contributed by atoms with Crippen LogP contribution in [0.5, 0.6) is 5.88 Å². The predicted octanol–water partition coefficient (Wildman–Crippen LogP) is 3.10. The second-order valence-corrected chi connectivity index (χ2v) is 7.68. The third-order valence-electron chi connectivity index (χ3n) is 5.44. The molecule has 3 heterocycles. The molecule has 154 valence electrons. The lowest BCUT2D eigenvalue weighted by Crippen LogP contribution is -2.45. The fraction of sp³-hybridized carbons (Fsp3) is 0.455. The van der Waals surface area contributed by atoms with Crippen LogP contribution in [0.3, 0.4) is 0 Å². The van der Waals surface area contributed by atoms with E-state index in [9.17, 15) is 9.18 Å². The van der Waals surface area contributed by atoms with E-state index in [1.54, 1.807) is 24.4 Å². The summed E-state index contributed by atoms with van der Waals surface area (Å²) in [4.78, 5) is 18.9. The van der Waals surface area contributed by atoms with Crippen molar-refractivity contribution in [3.8, 4) is 5.88 Å². The number of aromatic nitrogens is 1. The van der Waals surface area contributed by atoms with Gasteiger partial charge in [-0.2, -0.15) is 0 Å². The van der Waals surface area contributed by atoms with E-state index in [-0.39, 0.29) is 23.9 Å². The van der Waals surface area contributed by atoms with Gasteiger partial charge in [0.1, 0.15) is 11.9 Å². The second kappa shape index (κ2) is 8.78. The molecule has 0 saturated carbocycles. The summed E-state index contributed by atoms with van der Waals surface area (Å²) in [6, 6.07) is 8.59. The lowest BCUT2D eigenvalue weighted by Gasteiger charge is -2.34. The number of hydrogen-bond acceptors (Lipinski definition) is 5. The summed E-state index contributed by atoms with van der Waals surface area (Å²) < 4.78 is 25.2. The first-order chi connectivity index (χ1) is 14.1. The average Bonchev–Trinajstić information content (AvgIpc) is 3.24. The number of benzene rings is 1. The Morgan fingerprint density at radius 1 is 1.24 bits per heavy atom. The Morgan fingerprint density at radius 2 is 2.07 bits per heavy atom. The van der Waals surface area contributed by atoms with E-state index in [2.05, 4.69) is 10.3 Å². The number of nitrogens with one attached hydrogen (secondary N) is 1. The molecule has 0 radical (unpaired) electrons. The molecule has 0 spiro atoms. The molecule has 0 bridgehead atoms. The summed E-state index contributed by atoms with van der Waals surface area (Å²) in [7, 11) is 0. The van der Waals surface area contributed by atoms with Crippen molar-refractivity contribution in [2.75, 3.05) is 31.2 Å². The first-order valence-corrected chi connectivity index (χ1v) is 10.1. The normalized spacial score (nSPS) is 19.9. The van der Waals surface area contributed by atoms with Crippen molar-refractivity contribution in [1.29, 1.82) is 0 Å². The van der Waals surface area contributed by atoms with Crippen molar-refractivity contribution < 1.29 is 18.7 Å². The van der Waals surface area contributed by atoms with E-state index in [4.69, 9.17) is 9.47 Å². The number of carbonyl (C=O) groups is 1. The highest BCUT2D eigenvalue weighted by Crippen LogP contribution is 2.24. The van der Waals surface area contributed by atoms with Gasteiger partial charge >= 0.3 is 0 Å². The Labute approximate surface area is 170 Å². The van der Waals surface area contributed by atoms with Crippen molar-refractivity contribution in [1.82, 2.24) is 10.3 Å². The molecule has 7 heteroatoms. The van der Waals surface area contributed by atoms with Crippen molar-refractivity contribution in [3.63, 3.8) is 0 Å². The van der Waals surface area contributed by atoms with E-state index < -0.39 is 0 Å². The zero-order valence-electron chi connectivity index (χ0n) is 16.6. The molecule has 1 aromatic heterocycles.